The molecule has 0 aliphatic heterocycles. The minimum atomic E-state index is -0.940. The summed E-state index contributed by atoms with van der Waals surface area (Å²) < 4.78 is 33.6. The molecule has 4 nitrogen and oxygen atoms in total. The molecule has 3 rings (SSSR count). The second kappa shape index (κ2) is 6.34. The summed E-state index contributed by atoms with van der Waals surface area (Å²) in [5.41, 5.74) is 1.89. The third kappa shape index (κ3) is 3.48. The minimum Gasteiger partial charge on any atom is -0.491 e. The Bertz CT molecular complexity index is 815. The molecule has 0 aliphatic carbocycles. The molecule has 0 saturated carbocycles. The van der Waals surface area contributed by atoms with E-state index in [0.717, 1.165) is 17.7 Å². The molecule has 23 heavy (non-hydrogen) atoms. The first-order valence-electron chi connectivity index (χ1n) is 7.20. The zero-order chi connectivity index (χ0) is 16.4. The summed E-state index contributed by atoms with van der Waals surface area (Å²) in [4.78, 5) is 4.01. The molecular weight excluding hydrogens is 302 g/mol. The smallest absolute Gasteiger partial charge is 0.161 e. The Morgan fingerprint density at radius 2 is 1.87 bits per heavy atom. The molecule has 0 saturated heterocycles. The van der Waals surface area contributed by atoms with Crippen molar-refractivity contribution in [2.75, 3.05) is 6.61 Å². The number of aliphatic hydroxyl groups excluding tert-OH is 1. The SMILES string of the molecule is Cc1ccc(OCC(O)Cn2cnc3cc(F)c(F)cc32)cc1. The van der Waals surface area contributed by atoms with Gasteiger partial charge in [-0.1, -0.05) is 17.7 Å². The Labute approximate surface area is 132 Å². The van der Waals surface area contributed by atoms with E-state index < -0.39 is 17.7 Å². The van der Waals surface area contributed by atoms with Crippen molar-refractivity contribution in [2.45, 2.75) is 19.6 Å². The average molecular weight is 318 g/mol. The van der Waals surface area contributed by atoms with Gasteiger partial charge in [0.25, 0.3) is 0 Å². The summed E-state index contributed by atoms with van der Waals surface area (Å²) in [6.45, 7) is 2.24. The molecule has 3 aromatic rings. The number of fused-ring (bicyclic) bond motifs is 1. The van der Waals surface area contributed by atoms with Crippen LogP contribution in [0.4, 0.5) is 8.78 Å². The fourth-order valence-electron chi connectivity index (χ4n) is 2.31. The van der Waals surface area contributed by atoms with Gasteiger partial charge >= 0.3 is 0 Å². The van der Waals surface area contributed by atoms with Gasteiger partial charge in [-0.05, 0) is 19.1 Å². The lowest BCUT2D eigenvalue weighted by molar-refractivity contribution is 0.0934. The standard InChI is InChI=1S/C17H16F2N2O2/c1-11-2-4-13(5-3-11)23-9-12(22)8-21-10-20-16-6-14(18)15(19)7-17(16)21/h2-7,10,12,22H,8-9H2,1H3. The number of imidazole rings is 1. The number of rotatable bonds is 5. The van der Waals surface area contributed by atoms with Crippen LogP contribution in [0.1, 0.15) is 5.56 Å². The molecule has 1 N–H and O–H groups in total. The number of halogens is 2. The van der Waals surface area contributed by atoms with E-state index in [1.54, 1.807) is 4.57 Å². The molecule has 0 amide bonds. The molecule has 6 heteroatoms. The number of aliphatic hydroxyl groups is 1. The predicted molar refractivity (Wildman–Crippen MR) is 82.3 cm³/mol. The summed E-state index contributed by atoms with van der Waals surface area (Å²) in [5.74, 6) is -1.21. The van der Waals surface area contributed by atoms with Gasteiger partial charge in [0.05, 0.1) is 23.9 Å². The highest BCUT2D eigenvalue weighted by atomic mass is 19.2. The van der Waals surface area contributed by atoms with Crippen molar-refractivity contribution in [3.05, 3.63) is 59.9 Å². The number of hydrogen-bond donors (Lipinski definition) is 1. The molecule has 1 unspecified atom stereocenters. The van der Waals surface area contributed by atoms with Gasteiger partial charge in [-0.2, -0.15) is 0 Å². The van der Waals surface area contributed by atoms with Gasteiger partial charge in [-0.25, -0.2) is 13.8 Å². The third-order valence-electron chi connectivity index (χ3n) is 3.53. The maximum atomic E-state index is 13.3. The van der Waals surface area contributed by atoms with Crippen molar-refractivity contribution in [3.8, 4) is 5.75 Å². The second-order valence-electron chi connectivity index (χ2n) is 5.43. The van der Waals surface area contributed by atoms with Gasteiger partial charge in [-0.15, -0.1) is 0 Å². The van der Waals surface area contributed by atoms with Gasteiger partial charge in [0.2, 0.25) is 0 Å². The molecule has 1 aromatic heterocycles. The van der Waals surface area contributed by atoms with E-state index in [9.17, 15) is 13.9 Å². The fourth-order valence-corrected chi connectivity index (χ4v) is 2.31. The van der Waals surface area contributed by atoms with Crippen molar-refractivity contribution in [3.63, 3.8) is 0 Å². The summed E-state index contributed by atoms with van der Waals surface area (Å²) >= 11 is 0. The quantitative estimate of drug-likeness (QED) is 0.786. The second-order valence-corrected chi connectivity index (χ2v) is 5.43. The summed E-state index contributed by atoms with van der Waals surface area (Å²) in [7, 11) is 0. The van der Waals surface area contributed by atoms with E-state index in [4.69, 9.17) is 4.74 Å². The van der Waals surface area contributed by atoms with E-state index in [-0.39, 0.29) is 13.2 Å². The van der Waals surface area contributed by atoms with Crippen molar-refractivity contribution in [1.82, 2.24) is 9.55 Å². The Hall–Kier alpha value is -2.47. The lowest BCUT2D eigenvalue weighted by Crippen LogP contribution is -2.23. The van der Waals surface area contributed by atoms with Gasteiger partial charge in [0.15, 0.2) is 11.6 Å². The summed E-state index contributed by atoms with van der Waals surface area (Å²) in [6, 6.07) is 9.60. The highest BCUT2D eigenvalue weighted by molar-refractivity contribution is 5.75. The van der Waals surface area contributed by atoms with Crippen LogP contribution in [0, 0.1) is 18.6 Å². The molecule has 0 bridgehead atoms. The maximum absolute atomic E-state index is 13.3. The monoisotopic (exact) mass is 318 g/mol. The number of aryl methyl sites for hydroxylation is 1. The van der Waals surface area contributed by atoms with Crippen LogP contribution in [-0.4, -0.2) is 27.4 Å². The zero-order valence-corrected chi connectivity index (χ0v) is 12.5. The lowest BCUT2D eigenvalue weighted by atomic mass is 10.2. The Morgan fingerprint density at radius 3 is 2.61 bits per heavy atom. The van der Waals surface area contributed by atoms with Crippen LogP contribution in [0.25, 0.3) is 11.0 Å². The first-order valence-corrected chi connectivity index (χ1v) is 7.20. The molecule has 1 atom stereocenters. The molecule has 0 spiro atoms. The molecule has 0 radical (unpaired) electrons. The van der Waals surface area contributed by atoms with Gasteiger partial charge < -0.3 is 14.4 Å². The lowest BCUT2D eigenvalue weighted by Gasteiger charge is -2.13. The number of aromatic nitrogens is 2. The number of hydrogen-bond acceptors (Lipinski definition) is 3. The van der Waals surface area contributed by atoms with Crippen LogP contribution in [0.2, 0.25) is 0 Å². The largest absolute Gasteiger partial charge is 0.491 e. The fraction of sp³-hybridized carbons (Fsp3) is 0.235. The molecule has 2 aromatic carbocycles. The van der Waals surface area contributed by atoms with E-state index in [1.807, 2.05) is 31.2 Å². The molecule has 0 fully saturated rings. The number of nitrogens with zero attached hydrogens (tertiary/aromatic N) is 2. The van der Waals surface area contributed by atoms with E-state index in [1.165, 1.54) is 6.33 Å². The Balaban J connectivity index is 1.67. The Kier molecular flexibility index (Phi) is 4.25. The van der Waals surface area contributed by atoms with Crippen LogP contribution >= 0.6 is 0 Å². The summed E-state index contributed by atoms with van der Waals surface area (Å²) in [5, 5.41) is 10.1. The Morgan fingerprint density at radius 1 is 1.17 bits per heavy atom. The van der Waals surface area contributed by atoms with Crippen molar-refractivity contribution >= 4 is 11.0 Å². The van der Waals surface area contributed by atoms with Crippen LogP contribution in [0.3, 0.4) is 0 Å². The van der Waals surface area contributed by atoms with Gasteiger partial charge in [0.1, 0.15) is 18.5 Å². The molecule has 0 aliphatic rings. The van der Waals surface area contributed by atoms with Crippen molar-refractivity contribution in [2.24, 2.45) is 0 Å². The number of benzene rings is 2. The van der Waals surface area contributed by atoms with Crippen LogP contribution < -0.4 is 4.74 Å². The third-order valence-corrected chi connectivity index (χ3v) is 3.53. The van der Waals surface area contributed by atoms with Crippen LogP contribution in [0.15, 0.2) is 42.7 Å². The van der Waals surface area contributed by atoms with E-state index in [2.05, 4.69) is 4.98 Å². The maximum Gasteiger partial charge on any atom is 0.161 e. The zero-order valence-electron chi connectivity index (χ0n) is 12.5. The van der Waals surface area contributed by atoms with E-state index in [0.29, 0.717) is 16.8 Å². The van der Waals surface area contributed by atoms with E-state index >= 15 is 0 Å². The van der Waals surface area contributed by atoms with Crippen LogP contribution in [0.5, 0.6) is 5.75 Å². The van der Waals surface area contributed by atoms with Gasteiger partial charge in [0, 0.05) is 12.1 Å². The van der Waals surface area contributed by atoms with Crippen molar-refractivity contribution < 1.29 is 18.6 Å². The first kappa shape index (κ1) is 15.4. The number of ether oxygens (including phenoxy) is 1. The molecular formula is C17H16F2N2O2. The van der Waals surface area contributed by atoms with Crippen LogP contribution in [-0.2, 0) is 6.54 Å². The van der Waals surface area contributed by atoms with Gasteiger partial charge in [-0.3, -0.25) is 0 Å². The highest BCUT2D eigenvalue weighted by Crippen LogP contribution is 2.18. The topological polar surface area (TPSA) is 47.3 Å². The molecule has 120 valence electrons. The normalized spacial score (nSPS) is 12.5. The molecule has 1 heterocycles. The van der Waals surface area contributed by atoms with Crippen molar-refractivity contribution in [1.29, 1.82) is 0 Å². The highest BCUT2D eigenvalue weighted by Gasteiger charge is 2.12. The minimum absolute atomic E-state index is 0.0897. The average Bonchev–Trinajstić information content (AvgIpc) is 2.89. The first-order chi connectivity index (χ1) is 11.0. The predicted octanol–water partition coefficient (Wildman–Crippen LogP) is 3.06. The summed E-state index contributed by atoms with van der Waals surface area (Å²) in [6.07, 6.45) is 0.639.